The molecule has 2 aromatic rings. The van der Waals surface area contributed by atoms with Gasteiger partial charge in [0.25, 0.3) is 0 Å². The minimum atomic E-state index is -0.636. The third-order valence-corrected chi connectivity index (χ3v) is 5.19. The van der Waals surface area contributed by atoms with E-state index in [1.807, 2.05) is 19.2 Å². The van der Waals surface area contributed by atoms with Crippen molar-refractivity contribution in [3.8, 4) is 11.1 Å². The van der Waals surface area contributed by atoms with Crippen LogP contribution in [-0.4, -0.2) is 35.5 Å². The SMILES string of the molecule is CN1C(N)=NC(C)(c2cccc(-c3ccc4c(c3)CC=N4)c2)CC1O. The molecule has 2 aromatic carbocycles. The van der Waals surface area contributed by atoms with Gasteiger partial charge in [-0.25, -0.2) is 4.99 Å². The van der Waals surface area contributed by atoms with Gasteiger partial charge >= 0.3 is 0 Å². The van der Waals surface area contributed by atoms with Crippen molar-refractivity contribution in [2.45, 2.75) is 31.5 Å². The topological polar surface area (TPSA) is 74.2 Å². The van der Waals surface area contributed by atoms with Gasteiger partial charge in [-0.3, -0.25) is 4.99 Å². The minimum absolute atomic E-state index is 0.362. The third kappa shape index (κ3) is 2.70. The van der Waals surface area contributed by atoms with E-state index in [0.717, 1.165) is 23.2 Å². The lowest BCUT2D eigenvalue weighted by Gasteiger charge is -2.38. The van der Waals surface area contributed by atoms with Gasteiger partial charge in [-0.15, -0.1) is 0 Å². The summed E-state index contributed by atoms with van der Waals surface area (Å²) < 4.78 is 0. The van der Waals surface area contributed by atoms with Crippen LogP contribution in [0, 0.1) is 0 Å². The van der Waals surface area contributed by atoms with E-state index < -0.39 is 11.8 Å². The van der Waals surface area contributed by atoms with Crippen LogP contribution in [0.1, 0.15) is 24.5 Å². The molecule has 128 valence electrons. The van der Waals surface area contributed by atoms with Gasteiger partial charge in [0, 0.05) is 26.1 Å². The van der Waals surface area contributed by atoms with Crippen LogP contribution >= 0.6 is 0 Å². The number of fused-ring (bicyclic) bond motifs is 1. The molecule has 2 aliphatic heterocycles. The number of nitrogens with two attached hydrogens (primary N) is 1. The van der Waals surface area contributed by atoms with Crippen molar-refractivity contribution in [1.82, 2.24) is 4.90 Å². The van der Waals surface area contributed by atoms with Gasteiger partial charge < -0.3 is 15.7 Å². The van der Waals surface area contributed by atoms with Crippen molar-refractivity contribution in [1.29, 1.82) is 0 Å². The standard InChI is InChI=1S/C20H22N4O/c1-20(12-18(25)24(2)19(21)23-20)16-5-3-4-13(11-16)14-6-7-17-15(10-14)8-9-22-17/h3-7,9-11,18,25H,8,12H2,1-2H3,(H2,21,23). The first-order valence-electron chi connectivity index (χ1n) is 8.49. The molecule has 0 aliphatic carbocycles. The highest BCUT2D eigenvalue weighted by Gasteiger charge is 2.36. The first-order valence-corrected chi connectivity index (χ1v) is 8.49. The Kier molecular flexibility index (Phi) is 3.62. The average Bonchev–Trinajstić information content (AvgIpc) is 3.07. The van der Waals surface area contributed by atoms with E-state index in [-0.39, 0.29) is 0 Å². The molecule has 3 N–H and O–H groups in total. The van der Waals surface area contributed by atoms with Crippen LogP contribution < -0.4 is 5.73 Å². The van der Waals surface area contributed by atoms with Crippen LogP contribution in [0.5, 0.6) is 0 Å². The summed E-state index contributed by atoms with van der Waals surface area (Å²) in [5.74, 6) is 0.362. The lowest BCUT2D eigenvalue weighted by Crippen LogP contribution is -2.50. The lowest BCUT2D eigenvalue weighted by atomic mass is 9.85. The molecule has 25 heavy (non-hydrogen) atoms. The van der Waals surface area contributed by atoms with Crippen molar-refractivity contribution in [2.75, 3.05) is 7.05 Å². The molecule has 4 rings (SSSR count). The zero-order valence-electron chi connectivity index (χ0n) is 14.5. The Morgan fingerprint density at radius 3 is 2.80 bits per heavy atom. The highest BCUT2D eigenvalue weighted by Crippen LogP contribution is 2.37. The van der Waals surface area contributed by atoms with Crippen LogP contribution in [0.15, 0.2) is 52.4 Å². The molecule has 0 spiro atoms. The number of aliphatic hydroxyl groups is 1. The smallest absolute Gasteiger partial charge is 0.193 e. The monoisotopic (exact) mass is 334 g/mol. The van der Waals surface area contributed by atoms with Gasteiger partial charge in [-0.05, 0) is 47.4 Å². The molecule has 5 heteroatoms. The third-order valence-electron chi connectivity index (χ3n) is 5.19. The van der Waals surface area contributed by atoms with Crippen molar-refractivity contribution in [3.63, 3.8) is 0 Å². The minimum Gasteiger partial charge on any atom is -0.373 e. The molecular weight excluding hydrogens is 312 g/mol. The number of rotatable bonds is 2. The van der Waals surface area contributed by atoms with Crippen LogP contribution in [0.25, 0.3) is 11.1 Å². The van der Waals surface area contributed by atoms with Crippen LogP contribution in [0.2, 0.25) is 0 Å². The summed E-state index contributed by atoms with van der Waals surface area (Å²) in [6.07, 6.45) is 2.71. The molecule has 0 amide bonds. The van der Waals surface area contributed by atoms with Gasteiger partial charge in [0.1, 0.15) is 6.23 Å². The number of nitrogens with zero attached hydrogens (tertiary/aromatic N) is 3. The van der Waals surface area contributed by atoms with E-state index in [1.165, 1.54) is 11.1 Å². The average molecular weight is 334 g/mol. The number of aliphatic hydroxyl groups excluding tert-OH is 1. The Labute approximate surface area is 147 Å². The maximum Gasteiger partial charge on any atom is 0.193 e. The van der Waals surface area contributed by atoms with Crippen molar-refractivity contribution < 1.29 is 5.11 Å². The second kappa shape index (κ2) is 5.70. The summed E-state index contributed by atoms with van der Waals surface area (Å²) in [4.78, 5) is 10.6. The van der Waals surface area contributed by atoms with Crippen molar-refractivity contribution in [2.24, 2.45) is 15.7 Å². The second-order valence-electron chi connectivity index (χ2n) is 6.98. The first-order chi connectivity index (χ1) is 12.0. The first kappa shape index (κ1) is 15.8. The fourth-order valence-corrected chi connectivity index (χ4v) is 3.54. The number of guanidine groups is 1. The van der Waals surface area contributed by atoms with E-state index in [9.17, 15) is 5.11 Å². The van der Waals surface area contributed by atoms with E-state index in [1.54, 1.807) is 11.9 Å². The largest absolute Gasteiger partial charge is 0.373 e. The Morgan fingerprint density at radius 1 is 1.20 bits per heavy atom. The van der Waals surface area contributed by atoms with Gasteiger partial charge in [0.15, 0.2) is 5.96 Å². The Morgan fingerprint density at radius 2 is 2.00 bits per heavy atom. The van der Waals surface area contributed by atoms with Gasteiger partial charge in [0.05, 0.1) is 11.2 Å². The maximum absolute atomic E-state index is 10.3. The Bertz CT molecular complexity index is 889. The summed E-state index contributed by atoms with van der Waals surface area (Å²) >= 11 is 0. The Hall–Kier alpha value is -2.66. The molecule has 0 radical (unpaired) electrons. The molecule has 0 fully saturated rings. The van der Waals surface area contributed by atoms with Gasteiger partial charge in [0.2, 0.25) is 0 Å². The highest BCUT2D eigenvalue weighted by atomic mass is 16.3. The summed E-state index contributed by atoms with van der Waals surface area (Å²) in [5, 5.41) is 10.3. The summed E-state index contributed by atoms with van der Waals surface area (Å²) in [6.45, 7) is 2.02. The van der Waals surface area contributed by atoms with Crippen LogP contribution in [0.4, 0.5) is 5.69 Å². The molecule has 0 saturated heterocycles. The van der Waals surface area contributed by atoms with E-state index in [2.05, 4.69) is 46.4 Å². The number of aliphatic imine (C=N–C) groups is 2. The molecule has 0 aromatic heterocycles. The molecule has 2 heterocycles. The predicted octanol–water partition coefficient (Wildman–Crippen LogP) is 2.80. The maximum atomic E-state index is 10.3. The molecule has 0 bridgehead atoms. The number of benzene rings is 2. The van der Waals surface area contributed by atoms with Crippen molar-refractivity contribution >= 4 is 17.9 Å². The van der Waals surface area contributed by atoms with Gasteiger partial charge in [-0.2, -0.15) is 0 Å². The van der Waals surface area contributed by atoms with E-state index in [4.69, 9.17) is 5.73 Å². The second-order valence-corrected chi connectivity index (χ2v) is 6.98. The summed E-state index contributed by atoms with van der Waals surface area (Å²) in [7, 11) is 1.76. The number of hydrogen-bond donors (Lipinski definition) is 2. The van der Waals surface area contributed by atoms with Crippen molar-refractivity contribution in [3.05, 3.63) is 53.6 Å². The summed E-state index contributed by atoms with van der Waals surface area (Å²) in [5.41, 5.74) is 11.1. The molecule has 2 aliphatic rings. The Balaban J connectivity index is 1.73. The molecule has 2 atom stereocenters. The van der Waals surface area contributed by atoms with Crippen LogP contribution in [-0.2, 0) is 12.0 Å². The lowest BCUT2D eigenvalue weighted by molar-refractivity contribution is 0.0292. The molecule has 0 saturated carbocycles. The zero-order chi connectivity index (χ0) is 17.6. The van der Waals surface area contributed by atoms with Crippen LogP contribution in [0.3, 0.4) is 0 Å². The fraction of sp³-hybridized carbons (Fsp3) is 0.300. The van der Waals surface area contributed by atoms with E-state index >= 15 is 0 Å². The quantitative estimate of drug-likeness (QED) is 0.887. The molecule has 2 unspecified atom stereocenters. The van der Waals surface area contributed by atoms with E-state index in [0.29, 0.717) is 12.4 Å². The number of hydrogen-bond acceptors (Lipinski definition) is 5. The fourth-order valence-electron chi connectivity index (χ4n) is 3.54. The zero-order valence-corrected chi connectivity index (χ0v) is 14.5. The molecular formula is C20H22N4O. The predicted molar refractivity (Wildman–Crippen MR) is 101 cm³/mol. The summed E-state index contributed by atoms with van der Waals surface area (Å²) in [6, 6.07) is 14.7. The normalized spacial score (nSPS) is 25.0. The molecule has 5 nitrogen and oxygen atoms in total. The van der Waals surface area contributed by atoms with Gasteiger partial charge in [-0.1, -0.05) is 24.3 Å². The highest BCUT2D eigenvalue weighted by molar-refractivity contribution is 5.80.